The zero-order valence-electron chi connectivity index (χ0n) is 21.7. The summed E-state index contributed by atoms with van der Waals surface area (Å²) in [6.45, 7) is 2.53. The Labute approximate surface area is 227 Å². The molecule has 0 saturated carbocycles. The summed E-state index contributed by atoms with van der Waals surface area (Å²) in [5.74, 6) is -2.29. The standard InChI is InChI=1S/C27H34N4O7S/c1-17-10-11-20(16-24(17)32)39(37,38)31-13-5-9-23(31)26(34)30-22(27(35)36)15-18-6-4-7-19(14-18)29-25(33)21-8-2-3-12-28-21/h4,6-7,10-11,14,16,21-23,28,32H,2-3,5,8-9,12-13,15H2,1H3,(H,29,33)(H,30,34)(H,35,36)/t21?,22-,23-/m0/s1. The van der Waals surface area contributed by atoms with Crippen LogP contribution in [0, 0.1) is 6.92 Å². The number of carbonyl (C=O) groups is 3. The number of nitrogens with one attached hydrogen (secondary N) is 3. The van der Waals surface area contributed by atoms with E-state index in [2.05, 4.69) is 16.0 Å². The summed E-state index contributed by atoms with van der Waals surface area (Å²) >= 11 is 0. The van der Waals surface area contributed by atoms with Crippen LogP contribution < -0.4 is 16.0 Å². The van der Waals surface area contributed by atoms with Gasteiger partial charge in [-0.1, -0.05) is 24.6 Å². The fraction of sp³-hybridized carbons (Fsp3) is 0.444. The fourth-order valence-electron chi connectivity index (χ4n) is 4.96. The van der Waals surface area contributed by atoms with Gasteiger partial charge in [-0.15, -0.1) is 0 Å². The maximum atomic E-state index is 13.2. The summed E-state index contributed by atoms with van der Waals surface area (Å²) in [7, 11) is -4.09. The van der Waals surface area contributed by atoms with Crippen LogP contribution in [0.3, 0.4) is 0 Å². The van der Waals surface area contributed by atoms with E-state index in [1.807, 2.05) is 0 Å². The molecule has 2 aliphatic heterocycles. The Balaban J connectivity index is 1.44. The molecule has 11 nitrogen and oxygen atoms in total. The lowest BCUT2D eigenvalue weighted by Gasteiger charge is -2.25. The first-order chi connectivity index (χ1) is 18.6. The van der Waals surface area contributed by atoms with Crippen LogP contribution in [-0.4, -0.2) is 71.9 Å². The van der Waals surface area contributed by atoms with E-state index in [0.29, 0.717) is 23.2 Å². The number of aryl methyl sites for hydroxylation is 1. The van der Waals surface area contributed by atoms with Crippen LogP contribution in [0.1, 0.15) is 43.2 Å². The molecule has 4 rings (SSSR count). The number of aliphatic carboxylic acids is 1. The van der Waals surface area contributed by atoms with Crippen molar-refractivity contribution < 1.29 is 33.0 Å². The fourth-order valence-corrected chi connectivity index (χ4v) is 6.64. The Morgan fingerprint density at radius 2 is 1.87 bits per heavy atom. The van der Waals surface area contributed by atoms with Gasteiger partial charge >= 0.3 is 5.97 Å². The zero-order chi connectivity index (χ0) is 28.2. The number of hydrogen-bond acceptors (Lipinski definition) is 7. The highest BCUT2D eigenvalue weighted by atomic mass is 32.2. The monoisotopic (exact) mass is 558 g/mol. The number of amides is 2. The van der Waals surface area contributed by atoms with Crippen LogP contribution in [0.5, 0.6) is 5.75 Å². The second-order valence-corrected chi connectivity index (χ2v) is 11.9. The Hall–Kier alpha value is -3.48. The van der Waals surface area contributed by atoms with Crippen molar-refractivity contribution in [3.63, 3.8) is 0 Å². The first-order valence-corrected chi connectivity index (χ1v) is 14.5. The Kier molecular flexibility index (Phi) is 8.88. The summed E-state index contributed by atoms with van der Waals surface area (Å²) in [5.41, 5.74) is 1.63. The van der Waals surface area contributed by atoms with E-state index >= 15 is 0 Å². The van der Waals surface area contributed by atoms with Crippen molar-refractivity contribution in [3.05, 3.63) is 53.6 Å². The molecule has 0 aliphatic carbocycles. The van der Waals surface area contributed by atoms with E-state index in [4.69, 9.17) is 0 Å². The predicted molar refractivity (Wildman–Crippen MR) is 144 cm³/mol. The Bertz CT molecular complexity index is 1340. The summed E-state index contributed by atoms with van der Waals surface area (Å²) in [5, 5.41) is 28.3. The number of carboxylic acid groups (broad SMARTS) is 1. The highest BCUT2D eigenvalue weighted by Gasteiger charge is 2.40. The minimum atomic E-state index is -4.09. The van der Waals surface area contributed by atoms with E-state index in [1.54, 1.807) is 31.2 Å². The highest BCUT2D eigenvalue weighted by molar-refractivity contribution is 7.89. The molecule has 2 fully saturated rings. The molecule has 39 heavy (non-hydrogen) atoms. The van der Waals surface area contributed by atoms with Gasteiger partial charge in [0.1, 0.15) is 17.8 Å². The molecule has 3 atom stereocenters. The molecule has 2 aromatic carbocycles. The quantitative estimate of drug-likeness (QED) is 0.311. The van der Waals surface area contributed by atoms with Crippen molar-refractivity contribution in [3.8, 4) is 5.75 Å². The van der Waals surface area contributed by atoms with Crippen molar-refractivity contribution in [1.29, 1.82) is 0 Å². The molecule has 0 aromatic heterocycles. The van der Waals surface area contributed by atoms with E-state index in [9.17, 15) is 33.0 Å². The van der Waals surface area contributed by atoms with Crippen molar-refractivity contribution >= 4 is 33.5 Å². The van der Waals surface area contributed by atoms with Crippen LogP contribution in [-0.2, 0) is 30.8 Å². The van der Waals surface area contributed by atoms with Gasteiger partial charge < -0.3 is 26.2 Å². The second kappa shape index (κ2) is 12.1. The van der Waals surface area contributed by atoms with E-state index in [0.717, 1.165) is 36.2 Å². The first kappa shape index (κ1) is 28.5. The van der Waals surface area contributed by atoms with Gasteiger partial charge in [-0.05, 0) is 68.5 Å². The summed E-state index contributed by atoms with van der Waals surface area (Å²) in [4.78, 5) is 37.6. The smallest absolute Gasteiger partial charge is 0.326 e. The van der Waals surface area contributed by atoms with Crippen molar-refractivity contribution in [1.82, 2.24) is 14.9 Å². The average Bonchev–Trinajstić information content (AvgIpc) is 3.42. The number of carbonyl (C=O) groups excluding carboxylic acids is 2. The van der Waals surface area contributed by atoms with Crippen molar-refractivity contribution in [2.24, 2.45) is 0 Å². The van der Waals surface area contributed by atoms with Gasteiger partial charge in [-0.25, -0.2) is 13.2 Å². The molecule has 0 bridgehead atoms. The number of phenols is 1. The largest absolute Gasteiger partial charge is 0.508 e. The van der Waals surface area contributed by atoms with Crippen LogP contribution >= 0.6 is 0 Å². The maximum absolute atomic E-state index is 13.2. The second-order valence-electron chi connectivity index (χ2n) is 10.0. The Morgan fingerprint density at radius 1 is 1.08 bits per heavy atom. The third-order valence-corrected chi connectivity index (χ3v) is 9.07. The molecule has 210 valence electrons. The molecule has 1 unspecified atom stereocenters. The molecule has 2 amide bonds. The molecule has 2 heterocycles. The van der Waals surface area contributed by atoms with Gasteiger partial charge in [-0.2, -0.15) is 4.31 Å². The molecular weight excluding hydrogens is 524 g/mol. The summed E-state index contributed by atoms with van der Waals surface area (Å²) < 4.78 is 27.5. The number of anilines is 1. The lowest BCUT2D eigenvalue weighted by molar-refractivity contribution is -0.142. The number of nitrogens with zero attached hydrogens (tertiary/aromatic N) is 1. The van der Waals surface area contributed by atoms with Gasteiger partial charge in [0.25, 0.3) is 0 Å². The SMILES string of the molecule is Cc1ccc(S(=O)(=O)N2CCC[C@H]2C(=O)N[C@@H](Cc2cccc(NC(=O)C3CCCCN3)c2)C(=O)O)cc1O. The molecule has 12 heteroatoms. The number of rotatable bonds is 9. The van der Waals surface area contributed by atoms with Gasteiger partial charge in [0.05, 0.1) is 10.9 Å². The molecule has 0 spiro atoms. The van der Waals surface area contributed by atoms with Crippen LogP contribution in [0.2, 0.25) is 0 Å². The van der Waals surface area contributed by atoms with Crippen LogP contribution in [0.4, 0.5) is 5.69 Å². The summed E-state index contributed by atoms with van der Waals surface area (Å²) in [6.07, 6.45) is 3.37. The van der Waals surface area contributed by atoms with Gasteiger partial charge in [0, 0.05) is 24.7 Å². The van der Waals surface area contributed by atoms with Crippen LogP contribution in [0.15, 0.2) is 47.4 Å². The minimum Gasteiger partial charge on any atom is -0.508 e. The third kappa shape index (κ3) is 6.75. The van der Waals surface area contributed by atoms with Crippen molar-refractivity contribution in [2.45, 2.75) is 68.5 Å². The number of sulfonamides is 1. The van der Waals surface area contributed by atoms with Gasteiger partial charge in [0.15, 0.2) is 0 Å². The molecule has 5 N–H and O–H groups in total. The van der Waals surface area contributed by atoms with Gasteiger partial charge in [0.2, 0.25) is 21.8 Å². The van der Waals surface area contributed by atoms with Gasteiger partial charge in [-0.3, -0.25) is 9.59 Å². The molecule has 2 saturated heterocycles. The third-order valence-electron chi connectivity index (χ3n) is 7.17. The molecule has 0 radical (unpaired) electrons. The first-order valence-electron chi connectivity index (χ1n) is 13.0. The maximum Gasteiger partial charge on any atom is 0.326 e. The van der Waals surface area contributed by atoms with E-state index < -0.39 is 34.0 Å². The number of hydrogen-bond donors (Lipinski definition) is 5. The average molecular weight is 559 g/mol. The molecule has 2 aromatic rings. The number of piperidine rings is 1. The highest BCUT2D eigenvalue weighted by Crippen LogP contribution is 2.29. The summed E-state index contributed by atoms with van der Waals surface area (Å²) in [6, 6.07) is 8.11. The normalized spacial score (nSPS) is 20.7. The minimum absolute atomic E-state index is 0.0578. The number of phenolic OH excluding ortho intramolecular Hbond substituents is 1. The lowest BCUT2D eigenvalue weighted by Crippen LogP contribution is -2.51. The van der Waals surface area contributed by atoms with E-state index in [-0.39, 0.29) is 42.0 Å². The number of aromatic hydroxyl groups is 1. The van der Waals surface area contributed by atoms with Crippen LogP contribution in [0.25, 0.3) is 0 Å². The molecular formula is C27H34N4O7S. The predicted octanol–water partition coefficient (Wildman–Crippen LogP) is 1.75. The van der Waals surface area contributed by atoms with E-state index in [1.165, 1.54) is 12.1 Å². The topological polar surface area (TPSA) is 165 Å². The molecule has 2 aliphatic rings. The number of benzene rings is 2. The lowest BCUT2D eigenvalue weighted by atomic mass is 10.0. The number of carboxylic acids is 1. The van der Waals surface area contributed by atoms with Crippen molar-refractivity contribution in [2.75, 3.05) is 18.4 Å². The zero-order valence-corrected chi connectivity index (χ0v) is 22.5. The Morgan fingerprint density at radius 3 is 2.56 bits per heavy atom.